The number of hydrogen-bond donors (Lipinski definition) is 0. The van der Waals surface area contributed by atoms with Gasteiger partial charge in [0.1, 0.15) is 12.4 Å². The fourth-order valence-electron chi connectivity index (χ4n) is 2.33. The second-order valence-corrected chi connectivity index (χ2v) is 4.90. The molecule has 110 valence electrons. The Balaban J connectivity index is 1.93. The molecule has 0 N–H and O–H groups in total. The molecule has 0 fully saturated rings. The Kier molecular flexibility index (Phi) is 3.74. The molecule has 1 aliphatic rings. The van der Waals surface area contributed by atoms with Crippen molar-refractivity contribution in [3.8, 4) is 5.75 Å². The molecule has 2 aromatic rings. The minimum Gasteiger partial charge on any atom is -0.488 e. The fourth-order valence-corrected chi connectivity index (χ4v) is 2.33. The van der Waals surface area contributed by atoms with Crippen LogP contribution in [0.3, 0.4) is 0 Å². The van der Waals surface area contributed by atoms with E-state index < -0.39 is 5.97 Å². The molecule has 0 saturated heterocycles. The van der Waals surface area contributed by atoms with E-state index in [9.17, 15) is 9.59 Å². The highest BCUT2D eigenvalue weighted by molar-refractivity contribution is 6.14. The van der Waals surface area contributed by atoms with Gasteiger partial charge < -0.3 is 9.47 Å². The third-order valence-electron chi connectivity index (χ3n) is 3.46. The number of methoxy groups -OCH3 is 1. The summed E-state index contributed by atoms with van der Waals surface area (Å²) in [7, 11) is 1.31. The maximum absolute atomic E-state index is 12.5. The molecule has 0 bridgehead atoms. The lowest BCUT2D eigenvalue weighted by molar-refractivity contribution is 0.0599. The summed E-state index contributed by atoms with van der Waals surface area (Å²) < 4.78 is 10.3. The van der Waals surface area contributed by atoms with Crippen LogP contribution in [-0.2, 0) is 4.74 Å². The zero-order valence-electron chi connectivity index (χ0n) is 12.0. The highest BCUT2D eigenvalue weighted by Crippen LogP contribution is 2.29. The summed E-state index contributed by atoms with van der Waals surface area (Å²) in [5.74, 6) is -0.121. The topological polar surface area (TPSA) is 52.6 Å². The largest absolute Gasteiger partial charge is 0.488 e. The smallest absolute Gasteiger partial charge is 0.337 e. The van der Waals surface area contributed by atoms with Crippen LogP contribution in [0.4, 0.5) is 0 Å². The zero-order valence-corrected chi connectivity index (χ0v) is 12.0. The van der Waals surface area contributed by atoms with E-state index in [0.717, 1.165) is 5.56 Å². The highest BCUT2D eigenvalue weighted by atomic mass is 16.5. The van der Waals surface area contributed by atoms with Crippen molar-refractivity contribution in [2.75, 3.05) is 13.7 Å². The van der Waals surface area contributed by atoms with Crippen LogP contribution in [0.15, 0.2) is 54.1 Å². The van der Waals surface area contributed by atoms with E-state index in [0.29, 0.717) is 22.4 Å². The molecule has 1 heterocycles. The van der Waals surface area contributed by atoms with Crippen molar-refractivity contribution in [1.29, 1.82) is 0 Å². The molecule has 0 amide bonds. The van der Waals surface area contributed by atoms with Gasteiger partial charge in [-0.2, -0.15) is 0 Å². The predicted octanol–water partition coefficient (Wildman–Crippen LogP) is 3.13. The summed E-state index contributed by atoms with van der Waals surface area (Å²) in [6, 6.07) is 14.3. The molecule has 0 aliphatic carbocycles. The van der Waals surface area contributed by atoms with Gasteiger partial charge in [-0.25, -0.2) is 4.79 Å². The molecule has 0 radical (unpaired) electrons. The molecule has 4 heteroatoms. The first-order valence-electron chi connectivity index (χ1n) is 6.84. The highest BCUT2D eigenvalue weighted by Gasteiger charge is 2.24. The maximum Gasteiger partial charge on any atom is 0.337 e. The lowest BCUT2D eigenvalue weighted by Gasteiger charge is -2.19. The zero-order chi connectivity index (χ0) is 15.5. The summed E-state index contributed by atoms with van der Waals surface area (Å²) in [5.41, 5.74) is 2.36. The molecule has 22 heavy (non-hydrogen) atoms. The predicted molar refractivity (Wildman–Crippen MR) is 82.0 cm³/mol. The van der Waals surface area contributed by atoms with Crippen LogP contribution in [0, 0.1) is 0 Å². The normalized spacial score (nSPS) is 15.1. The van der Waals surface area contributed by atoms with Gasteiger partial charge in [-0.05, 0) is 29.8 Å². The number of ether oxygens (including phenoxy) is 2. The first-order valence-corrected chi connectivity index (χ1v) is 6.84. The Labute approximate surface area is 128 Å². The molecular formula is C18H14O4. The molecule has 0 spiro atoms. The SMILES string of the molecule is COC(=O)c1ccc2c(c1)OCC(=Cc1ccccc1)C2=O. The number of ketones is 1. The molecule has 4 nitrogen and oxygen atoms in total. The first kappa shape index (κ1) is 14.1. The summed E-state index contributed by atoms with van der Waals surface area (Å²) in [6.45, 7) is 0.186. The van der Waals surface area contributed by atoms with Crippen LogP contribution in [0.1, 0.15) is 26.3 Å². The number of Topliss-reactive ketones (excluding diaryl/α,β-unsaturated/α-hetero) is 1. The van der Waals surface area contributed by atoms with E-state index in [2.05, 4.69) is 4.74 Å². The average molecular weight is 294 g/mol. The molecule has 0 unspecified atom stereocenters. The van der Waals surface area contributed by atoms with Gasteiger partial charge in [0.05, 0.1) is 18.2 Å². The van der Waals surface area contributed by atoms with Gasteiger partial charge in [-0.15, -0.1) is 0 Å². The molecule has 0 atom stereocenters. The number of hydrogen-bond acceptors (Lipinski definition) is 4. The van der Waals surface area contributed by atoms with Gasteiger partial charge in [0.2, 0.25) is 0 Å². The molecule has 3 rings (SSSR count). The number of esters is 1. The van der Waals surface area contributed by atoms with E-state index in [4.69, 9.17) is 4.74 Å². The summed E-state index contributed by atoms with van der Waals surface area (Å²) in [4.78, 5) is 24.0. The Morgan fingerprint density at radius 3 is 2.68 bits per heavy atom. The average Bonchev–Trinajstić information content (AvgIpc) is 2.57. The monoisotopic (exact) mass is 294 g/mol. The molecule has 0 aromatic heterocycles. The van der Waals surface area contributed by atoms with Crippen LogP contribution in [-0.4, -0.2) is 25.5 Å². The standard InChI is InChI=1S/C18H14O4/c1-21-18(20)13-7-8-15-16(10-13)22-11-14(17(15)19)9-12-5-3-2-4-6-12/h2-10H,11H2,1H3. The van der Waals surface area contributed by atoms with Crippen LogP contribution < -0.4 is 4.74 Å². The molecular weight excluding hydrogens is 280 g/mol. The minimum absolute atomic E-state index is 0.0819. The van der Waals surface area contributed by atoms with Crippen LogP contribution in [0.25, 0.3) is 6.08 Å². The number of carbonyl (C=O) groups excluding carboxylic acids is 2. The third-order valence-corrected chi connectivity index (χ3v) is 3.46. The molecule has 0 saturated carbocycles. The van der Waals surface area contributed by atoms with Crippen molar-refractivity contribution in [1.82, 2.24) is 0 Å². The number of fused-ring (bicyclic) bond motifs is 1. The van der Waals surface area contributed by atoms with Gasteiger partial charge in [0.25, 0.3) is 0 Å². The van der Waals surface area contributed by atoms with Gasteiger partial charge in [-0.1, -0.05) is 30.3 Å². The quantitative estimate of drug-likeness (QED) is 0.631. The van der Waals surface area contributed by atoms with E-state index in [1.807, 2.05) is 36.4 Å². The maximum atomic E-state index is 12.5. The van der Waals surface area contributed by atoms with Gasteiger partial charge in [0, 0.05) is 5.57 Å². The second kappa shape index (κ2) is 5.85. The second-order valence-electron chi connectivity index (χ2n) is 4.90. The molecule has 1 aliphatic heterocycles. The summed E-state index contributed by atoms with van der Waals surface area (Å²) in [6.07, 6.45) is 1.82. The van der Waals surface area contributed by atoms with E-state index >= 15 is 0 Å². The first-order chi connectivity index (χ1) is 10.7. The Morgan fingerprint density at radius 1 is 1.18 bits per heavy atom. The fraction of sp³-hybridized carbons (Fsp3) is 0.111. The molecule has 2 aromatic carbocycles. The van der Waals surface area contributed by atoms with Crippen molar-refractivity contribution < 1.29 is 19.1 Å². The van der Waals surface area contributed by atoms with E-state index in [1.54, 1.807) is 18.2 Å². The Hall–Kier alpha value is -2.88. The number of rotatable bonds is 2. The Morgan fingerprint density at radius 2 is 1.95 bits per heavy atom. The number of benzene rings is 2. The summed E-state index contributed by atoms with van der Waals surface area (Å²) in [5, 5.41) is 0. The summed E-state index contributed by atoms with van der Waals surface area (Å²) >= 11 is 0. The van der Waals surface area contributed by atoms with Crippen LogP contribution in [0.5, 0.6) is 5.75 Å². The van der Waals surface area contributed by atoms with Gasteiger partial charge in [-0.3, -0.25) is 4.79 Å². The van der Waals surface area contributed by atoms with Gasteiger partial charge >= 0.3 is 5.97 Å². The third kappa shape index (κ3) is 2.63. The van der Waals surface area contributed by atoms with Crippen molar-refractivity contribution in [2.24, 2.45) is 0 Å². The van der Waals surface area contributed by atoms with Crippen LogP contribution >= 0.6 is 0 Å². The van der Waals surface area contributed by atoms with Crippen molar-refractivity contribution in [3.63, 3.8) is 0 Å². The van der Waals surface area contributed by atoms with E-state index in [-0.39, 0.29) is 12.4 Å². The van der Waals surface area contributed by atoms with Crippen molar-refractivity contribution in [3.05, 3.63) is 70.8 Å². The van der Waals surface area contributed by atoms with Gasteiger partial charge in [0.15, 0.2) is 5.78 Å². The minimum atomic E-state index is -0.454. The van der Waals surface area contributed by atoms with E-state index in [1.165, 1.54) is 7.11 Å². The Bertz CT molecular complexity index is 760. The van der Waals surface area contributed by atoms with Crippen molar-refractivity contribution in [2.45, 2.75) is 0 Å². The van der Waals surface area contributed by atoms with Crippen LogP contribution in [0.2, 0.25) is 0 Å². The lowest BCUT2D eigenvalue weighted by Crippen LogP contribution is -2.19. The number of carbonyl (C=O) groups is 2. The van der Waals surface area contributed by atoms with Crippen molar-refractivity contribution >= 4 is 17.8 Å². The lowest BCUT2D eigenvalue weighted by atomic mass is 9.97.